The van der Waals surface area contributed by atoms with Gasteiger partial charge in [0.05, 0.1) is 11.9 Å². The summed E-state index contributed by atoms with van der Waals surface area (Å²) in [5, 5.41) is 10.2. The van der Waals surface area contributed by atoms with Crippen molar-refractivity contribution in [2.45, 2.75) is 65.0 Å². The molecule has 0 saturated heterocycles. The molecule has 0 saturated carbocycles. The Balaban J connectivity index is 1.41. The lowest BCUT2D eigenvalue weighted by atomic mass is 9.98. The van der Waals surface area contributed by atoms with Crippen LogP contribution < -0.4 is 16.2 Å². The van der Waals surface area contributed by atoms with Crippen molar-refractivity contribution < 1.29 is 9.53 Å². The molecule has 3 rings (SSSR count). The lowest BCUT2D eigenvalue weighted by Crippen LogP contribution is -2.33. The van der Waals surface area contributed by atoms with Crippen molar-refractivity contribution in [2.75, 3.05) is 25.0 Å². The Kier molecular flexibility index (Phi) is 8.97. The molecular weight excluding hydrogens is 454 g/mol. The molecule has 0 spiro atoms. The van der Waals surface area contributed by atoms with Gasteiger partial charge in [0.15, 0.2) is 0 Å². The van der Waals surface area contributed by atoms with E-state index >= 15 is 0 Å². The molecule has 0 radical (unpaired) electrons. The van der Waals surface area contributed by atoms with Crippen LogP contribution in [-0.4, -0.2) is 46.0 Å². The van der Waals surface area contributed by atoms with Gasteiger partial charge in [0.25, 0.3) is 5.56 Å². The van der Waals surface area contributed by atoms with E-state index in [2.05, 4.69) is 32.8 Å². The van der Waals surface area contributed by atoms with E-state index in [9.17, 15) is 9.59 Å². The molecule has 1 aliphatic heterocycles. The number of amides is 1. The molecule has 1 amide bonds. The molecule has 2 heterocycles. The number of hydrogen-bond acceptors (Lipinski definition) is 6. The molecule has 34 heavy (non-hydrogen) atoms. The number of carbonyl (C=O) groups excluding carboxylic acids is 1. The first-order valence-corrected chi connectivity index (χ1v) is 12.3. The lowest BCUT2D eigenvalue weighted by Gasteiger charge is -2.29. The van der Waals surface area contributed by atoms with Gasteiger partial charge in [0.2, 0.25) is 0 Å². The van der Waals surface area contributed by atoms with Crippen molar-refractivity contribution in [3.05, 3.63) is 50.9 Å². The quantitative estimate of drug-likeness (QED) is 0.499. The molecule has 0 unspecified atom stereocenters. The largest absolute Gasteiger partial charge is 0.444 e. The molecule has 1 aromatic carbocycles. The summed E-state index contributed by atoms with van der Waals surface area (Å²) in [6.07, 6.45) is 6.56. The van der Waals surface area contributed by atoms with Crippen molar-refractivity contribution in [1.82, 2.24) is 20.0 Å². The van der Waals surface area contributed by atoms with Gasteiger partial charge in [-0.15, -0.1) is 0 Å². The van der Waals surface area contributed by atoms with Crippen LogP contribution in [0.1, 0.15) is 57.6 Å². The number of aryl methyl sites for hydroxylation is 1. The Hall–Kier alpha value is -2.58. The van der Waals surface area contributed by atoms with E-state index in [0.29, 0.717) is 12.2 Å². The molecule has 0 atom stereocenters. The smallest absolute Gasteiger partial charge is 0.407 e. The lowest BCUT2D eigenvalue weighted by molar-refractivity contribution is 0.0527. The second-order valence-corrected chi connectivity index (χ2v) is 10.2. The zero-order chi connectivity index (χ0) is 24.7. The maximum atomic E-state index is 12.0. The second-order valence-electron chi connectivity index (χ2n) is 9.78. The number of rotatable bonds is 9. The number of fused-ring (bicyclic) bond motifs is 1. The Labute approximate surface area is 206 Å². The molecule has 1 aromatic heterocycles. The molecule has 2 aromatic rings. The Morgan fingerprint density at radius 3 is 2.71 bits per heavy atom. The van der Waals surface area contributed by atoms with Crippen LogP contribution in [0.25, 0.3) is 0 Å². The zero-order valence-corrected chi connectivity index (χ0v) is 21.4. The number of anilines is 2. The van der Waals surface area contributed by atoms with Crippen molar-refractivity contribution >= 4 is 29.1 Å². The Bertz CT molecular complexity index is 1050. The maximum absolute atomic E-state index is 12.0. The fourth-order valence-corrected chi connectivity index (χ4v) is 4.17. The minimum atomic E-state index is -0.460. The Morgan fingerprint density at radius 2 is 1.94 bits per heavy atom. The first-order chi connectivity index (χ1) is 16.1. The highest BCUT2D eigenvalue weighted by molar-refractivity contribution is 6.33. The van der Waals surface area contributed by atoms with Gasteiger partial charge in [-0.05, 0) is 69.8 Å². The van der Waals surface area contributed by atoms with Crippen molar-refractivity contribution in [3.8, 4) is 0 Å². The Morgan fingerprint density at radius 1 is 1.18 bits per heavy atom. The molecule has 2 N–H and O–H groups in total. The molecule has 8 nitrogen and oxygen atoms in total. The third-order valence-electron chi connectivity index (χ3n) is 5.72. The number of ether oxygens (including phenoxy) is 1. The summed E-state index contributed by atoms with van der Waals surface area (Å²) >= 11 is 6.19. The van der Waals surface area contributed by atoms with Crippen LogP contribution in [-0.2, 0) is 24.8 Å². The van der Waals surface area contributed by atoms with Crippen LogP contribution in [0.15, 0.2) is 29.2 Å². The third kappa shape index (κ3) is 7.74. The van der Waals surface area contributed by atoms with Gasteiger partial charge in [-0.2, -0.15) is 5.10 Å². The van der Waals surface area contributed by atoms with Crippen LogP contribution >= 0.6 is 11.6 Å². The van der Waals surface area contributed by atoms with E-state index in [-0.39, 0.29) is 16.7 Å². The first-order valence-electron chi connectivity index (χ1n) is 11.9. The number of benzene rings is 1. The van der Waals surface area contributed by atoms with E-state index in [0.717, 1.165) is 57.4 Å². The minimum Gasteiger partial charge on any atom is -0.444 e. The number of carbonyl (C=O) groups is 1. The topological polar surface area (TPSA) is 88.5 Å². The average molecular weight is 490 g/mol. The van der Waals surface area contributed by atoms with Gasteiger partial charge in [0.1, 0.15) is 10.6 Å². The normalized spacial score (nSPS) is 13.9. The van der Waals surface area contributed by atoms with Crippen molar-refractivity contribution in [1.29, 1.82) is 0 Å². The van der Waals surface area contributed by atoms with Crippen LogP contribution in [0, 0.1) is 0 Å². The predicted molar refractivity (Wildman–Crippen MR) is 136 cm³/mol. The summed E-state index contributed by atoms with van der Waals surface area (Å²) < 4.78 is 6.46. The molecule has 0 fully saturated rings. The minimum absolute atomic E-state index is 0.137. The zero-order valence-electron chi connectivity index (χ0n) is 20.6. The van der Waals surface area contributed by atoms with Gasteiger partial charge in [0, 0.05) is 32.4 Å². The van der Waals surface area contributed by atoms with Crippen LogP contribution in [0.2, 0.25) is 5.02 Å². The van der Waals surface area contributed by atoms with E-state index in [1.54, 1.807) is 13.2 Å². The summed E-state index contributed by atoms with van der Waals surface area (Å²) in [6.45, 7) is 9.27. The van der Waals surface area contributed by atoms with Gasteiger partial charge >= 0.3 is 6.09 Å². The van der Waals surface area contributed by atoms with E-state index in [4.69, 9.17) is 16.3 Å². The fraction of sp³-hybridized carbons (Fsp3) is 0.560. The SMILES string of the molecule is Cn1ncc(Nc2ccc3c(c2)CN(CCCCCCNC(=O)OC(C)(C)C)CC3)c(Cl)c1=O. The number of nitrogens with one attached hydrogen (secondary N) is 2. The standard InChI is InChI=1S/C25H36ClN5O3/c1-25(2,3)34-24(33)27-12-7-5-6-8-13-31-14-11-18-9-10-20(15-19(18)17-31)29-21-16-28-30(4)23(32)22(21)26/h9-10,15-16,29H,5-8,11-14,17H2,1-4H3,(H,27,33). The number of hydrogen-bond donors (Lipinski definition) is 2. The number of aromatic nitrogens is 2. The number of halogens is 1. The highest BCUT2D eigenvalue weighted by Crippen LogP contribution is 2.26. The molecular formula is C25H36ClN5O3. The van der Waals surface area contributed by atoms with Crippen LogP contribution in [0.4, 0.5) is 16.2 Å². The monoisotopic (exact) mass is 489 g/mol. The summed E-state index contributed by atoms with van der Waals surface area (Å²) in [6, 6.07) is 6.31. The predicted octanol–water partition coefficient (Wildman–Crippen LogP) is 4.62. The molecule has 9 heteroatoms. The summed E-state index contributed by atoms with van der Waals surface area (Å²) in [5.74, 6) is 0. The van der Waals surface area contributed by atoms with Gasteiger partial charge in [-0.25, -0.2) is 9.48 Å². The van der Waals surface area contributed by atoms with Crippen LogP contribution in [0.5, 0.6) is 0 Å². The highest BCUT2D eigenvalue weighted by atomic mass is 35.5. The number of unbranched alkanes of at least 4 members (excludes halogenated alkanes) is 3. The number of alkyl carbamates (subject to hydrolysis) is 1. The van der Waals surface area contributed by atoms with Gasteiger partial charge in [-0.3, -0.25) is 9.69 Å². The molecule has 0 bridgehead atoms. The van der Waals surface area contributed by atoms with Crippen LogP contribution in [0.3, 0.4) is 0 Å². The first kappa shape index (κ1) is 26.0. The summed E-state index contributed by atoms with van der Waals surface area (Å²) in [5.41, 5.74) is 3.29. The van der Waals surface area contributed by atoms with Gasteiger partial charge < -0.3 is 15.4 Å². The maximum Gasteiger partial charge on any atom is 0.407 e. The van der Waals surface area contributed by atoms with Crippen molar-refractivity contribution in [2.24, 2.45) is 7.05 Å². The van der Waals surface area contributed by atoms with Gasteiger partial charge in [-0.1, -0.05) is 30.5 Å². The fourth-order valence-electron chi connectivity index (χ4n) is 3.96. The van der Waals surface area contributed by atoms with E-state index in [1.165, 1.54) is 15.8 Å². The molecule has 186 valence electrons. The molecule has 1 aliphatic rings. The number of nitrogens with zero attached hydrogens (tertiary/aromatic N) is 3. The van der Waals surface area contributed by atoms with E-state index < -0.39 is 5.60 Å². The average Bonchev–Trinajstić information content (AvgIpc) is 2.77. The van der Waals surface area contributed by atoms with E-state index in [1.807, 2.05) is 26.8 Å². The second kappa shape index (κ2) is 11.7. The van der Waals surface area contributed by atoms with Crippen molar-refractivity contribution in [3.63, 3.8) is 0 Å². The molecule has 0 aliphatic carbocycles. The third-order valence-corrected chi connectivity index (χ3v) is 6.09. The highest BCUT2D eigenvalue weighted by Gasteiger charge is 2.17. The summed E-state index contributed by atoms with van der Waals surface area (Å²) in [4.78, 5) is 26.2. The summed E-state index contributed by atoms with van der Waals surface area (Å²) in [7, 11) is 1.58.